The number of nitrogens with two attached hydrogens (primary N) is 1. The molecule has 23 heteroatoms. The van der Waals surface area contributed by atoms with E-state index in [1.54, 1.807) is 19.1 Å². The summed E-state index contributed by atoms with van der Waals surface area (Å²) in [6.45, 7) is 4.12. The predicted octanol–water partition coefficient (Wildman–Crippen LogP) is -0.596. The SMILES string of the molecule is CC(=O)OC[C@H](COP(=O)(O)OC[C@H](N)C(=O)O)OC(=O)CNC(=O)CNC(=O)CNC(=O)c1ccc(C(=O)O[C@H]2C3[C@H]([C@@H]4C=C(CO)C[C@]5(O)C=C(C)C=C5[C@@]4(O)[C@@H]2C)C3(C)C)cc1. The Kier molecular flexibility index (Phi) is 15.6. The number of carbonyl (C=O) groups excluding carboxylic acids is 6. The van der Waals surface area contributed by atoms with E-state index in [1.807, 2.05) is 26.8 Å². The van der Waals surface area contributed by atoms with Crippen LogP contribution in [-0.4, -0.2) is 142 Å². The van der Waals surface area contributed by atoms with Gasteiger partial charge < -0.3 is 61.2 Å². The molecule has 10 atom stereocenters. The molecule has 1 aromatic carbocycles. The summed E-state index contributed by atoms with van der Waals surface area (Å²) >= 11 is 0. The third kappa shape index (κ3) is 11.7. The van der Waals surface area contributed by atoms with Crippen LogP contribution >= 0.6 is 7.82 Å². The van der Waals surface area contributed by atoms with Crippen molar-refractivity contribution >= 4 is 49.4 Å². The zero-order valence-electron chi connectivity index (χ0n) is 36.3. The maximum atomic E-state index is 13.6. The number of benzene rings is 1. The first-order chi connectivity index (χ1) is 30.3. The van der Waals surface area contributed by atoms with E-state index in [-0.39, 0.29) is 41.4 Å². The number of aliphatic carboxylic acids is 1. The van der Waals surface area contributed by atoms with E-state index in [2.05, 4.69) is 25.0 Å². The Hall–Kier alpha value is -5.32. The minimum atomic E-state index is -4.89. The van der Waals surface area contributed by atoms with Crippen LogP contribution in [0.3, 0.4) is 0 Å². The van der Waals surface area contributed by atoms with E-state index in [0.717, 1.165) is 12.5 Å². The molecule has 2 unspecified atom stereocenters. The van der Waals surface area contributed by atoms with Crippen molar-refractivity contribution in [2.24, 2.45) is 34.8 Å². The number of hydrogen-bond acceptors (Lipinski definition) is 17. The summed E-state index contributed by atoms with van der Waals surface area (Å²) in [5.74, 6) is -7.80. The summed E-state index contributed by atoms with van der Waals surface area (Å²) in [6, 6.07) is 3.84. The fraction of sp³-hybridized carbons (Fsp3) is 0.548. The molecule has 0 bridgehead atoms. The number of carboxylic acid groups (broad SMARTS) is 1. The highest BCUT2D eigenvalue weighted by Crippen LogP contribution is 2.73. The number of phosphoric acid groups is 1. The maximum absolute atomic E-state index is 13.6. The number of allylic oxidation sites excluding steroid dienone is 2. The summed E-state index contributed by atoms with van der Waals surface area (Å²) < 4.78 is 37.1. The molecule has 2 fully saturated rings. The molecule has 65 heavy (non-hydrogen) atoms. The number of nitrogens with one attached hydrogen (secondary N) is 3. The number of amides is 3. The van der Waals surface area contributed by atoms with Crippen molar-refractivity contribution in [3.05, 3.63) is 70.3 Å². The third-order valence-electron chi connectivity index (χ3n) is 12.1. The number of aliphatic hydroxyl groups is 3. The molecule has 4 aliphatic rings. The van der Waals surface area contributed by atoms with Gasteiger partial charge in [-0.2, -0.15) is 0 Å². The molecule has 3 amide bonds. The van der Waals surface area contributed by atoms with Crippen molar-refractivity contribution in [3.63, 3.8) is 0 Å². The van der Waals surface area contributed by atoms with Gasteiger partial charge in [-0.3, -0.25) is 37.8 Å². The fourth-order valence-electron chi connectivity index (χ4n) is 8.93. The molecule has 5 rings (SSSR count). The fourth-order valence-corrected chi connectivity index (χ4v) is 9.71. The van der Waals surface area contributed by atoms with Crippen LogP contribution in [0.1, 0.15) is 61.8 Å². The van der Waals surface area contributed by atoms with E-state index in [9.17, 15) is 58.3 Å². The quantitative estimate of drug-likeness (QED) is 0.0341. The van der Waals surface area contributed by atoms with Gasteiger partial charge in [0.05, 0.1) is 38.5 Å². The van der Waals surface area contributed by atoms with Crippen molar-refractivity contribution in [3.8, 4) is 0 Å². The first kappa shape index (κ1) is 50.7. The number of hydrogen-bond donors (Lipinski definition) is 9. The Bertz CT molecular complexity index is 2210. The first-order valence-electron chi connectivity index (χ1n) is 20.6. The average Bonchev–Trinajstić information content (AvgIpc) is 3.70. The Morgan fingerprint density at radius 2 is 1.51 bits per heavy atom. The first-order valence-corrected chi connectivity index (χ1v) is 22.1. The Balaban J connectivity index is 1.08. The van der Waals surface area contributed by atoms with E-state index in [1.165, 1.54) is 24.3 Å². The van der Waals surface area contributed by atoms with Gasteiger partial charge in [-0.15, -0.1) is 0 Å². The number of esters is 3. The number of phosphoric ester groups is 1. The van der Waals surface area contributed by atoms with Gasteiger partial charge in [0.15, 0.2) is 6.10 Å². The lowest BCUT2D eigenvalue weighted by Crippen LogP contribution is -2.58. The highest BCUT2D eigenvalue weighted by Gasteiger charge is 2.75. The van der Waals surface area contributed by atoms with Crippen molar-refractivity contribution in [2.45, 2.75) is 70.5 Å². The molecule has 22 nitrogen and oxygen atoms in total. The number of aliphatic hydroxyl groups excluding tert-OH is 1. The molecule has 1 aromatic rings. The average molecular weight is 935 g/mol. The minimum absolute atomic E-state index is 0.0894. The molecule has 0 radical (unpaired) electrons. The molecule has 0 saturated heterocycles. The van der Waals surface area contributed by atoms with Gasteiger partial charge in [0.1, 0.15) is 36.5 Å². The maximum Gasteiger partial charge on any atom is 0.472 e. The topological polar surface area (TPSA) is 346 Å². The van der Waals surface area contributed by atoms with Gasteiger partial charge in [-0.25, -0.2) is 9.36 Å². The van der Waals surface area contributed by atoms with Crippen LogP contribution in [0.15, 0.2) is 59.2 Å². The smallest absolute Gasteiger partial charge is 0.472 e. The molecule has 356 valence electrons. The Morgan fingerprint density at radius 3 is 2.12 bits per heavy atom. The molecule has 4 aliphatic carbocycles. The van der Waals surface area contributed by atoms with Gasteiger partial charge in [-0.1, -0.05) is 38.5 Å². The summed E-state index contributed by atoms with van der Waals surface area (Å²) in [6.07, 6.45) is 3.26. The Morgan fingerprint density at radius 1 is 0.908 bits per heavy atom. The lowest BCUT2D eigenvalue weighted by molar-refractivity contribution is -0.159. The highest BCUT2D eigenvalue weighted by atomic mass is 31.2. The second-order valence-corrected chi connectivity index (χ2v) is 18.6. The Labute approximate surface area is 373 Å². The summed E-state index contributed by atoms with van der Waals surface area (Å²) in [4.78, 5) is 95.3. The predicted molar refractivity (Wildman–Crippen MR) is 223 cm³/mol. The molecule has 10 N–H and O–H groups in total. The second kappa shape index (κ2) is 20.0. The third-order valence-corrected chi connectivity index (χ3v) is 13.1. The van der Waals surface area contributed by atoms with Crippen LogP contribution < -0.4 is 21.7 Å². The van der Waals surface area contributed by atoms with Crippen molar-refractivity contribution in [1.82, 2.24) is 16.0 Å². The van der Waals surface area contributed by atoms with E-state index in [4.69, 9.17) is 25.1 Å². The van der Waals surface area contributed by atoms with Gasteiger partial charge >= 0.3 is 31.7 Å². The largest absolute Gasteiger partial charge is 0.480 e. The van der Waals surface area contributed by atoms with Gasteiger partial charge in [0, 0.05) is 36.7 Å². The number of ether oxygens (including phenoxy) is 3. The van der Waals surface area contributed by atoms with Gasteiger partial charge in [0.25, 0.3) is 5.91 Å². The summed E-state index contributed by atoms with van der Waals surface area (Å²) in [5, 5.41) is 50.2. The lowest BCUT2D eigenvalue weighted by atomic mass is 9.62. The van der Waals surface area contributed by atoms with Gasteiger partial charge in [0.2, 0.25) is 11.8 Å². The molecular weight excluding hydrogens is 879 g/mol. The van der Waals surface area contributed by atoms with E-state index < -0.39 is 130 Å². The highest BCUT2D eigenvalue weighted by molar-refractivity contribution is 7.47. The van der Waals surface area contributed by atoms with E-state index >= 15 is 0 Å². The van der Waals surface area contributed by atoms with Gasteiger partial charge in [-0.05, 0) is 59.7 Å². The number of carbonyl (C=O) groups is 7. The normalized spacial score (nSPS) is 27.7. The molecular formula is C42H55N4O18P. The number of rotatable bonds is 20. The second-order valence-electron chi connectivity index (χ2n) is 17.1. The van der Waals surface area contributed by atoms with E-state index in [0.29, 0.717) is 11.1 Å². The van der Waals surface area contributed by atoms with Crippen LogP contribution in [0.2, 0.25) is 0 Å². The van der Waals surface area contributed by atoms with Crippen LogP contribution in [-0.2, 0) is 51.8 Å². The standard InChI is InChI=1S/C42H55N4O18P/c1-21-10-30-41(56,12-21)13-24(17-47)11-28-34-35(40(34,4)5)36(22(2)42(28,30)57)64-39(55)26-8-6-25(7-9-26)37(52)46-15-32(50)44-14-31(49)45-16-33(51)63-27(18-60-23(3)48)19-61-65(58,59)62-20-29(43)38(53)54/h6-12,22,27-29,34-36,47,56-57H,13-20,43H2,1-5H3,(H,44,50)(H,45,49)(H,46,52)(H,53,54)(H,58,59)/t22-,27-,28+,29+,34+,35?,36-,41-,42-/m1/s1. The zero-order valence-corrected chi connectivity index (χ0v) is 37.2. The van der Waals surface area contributed by atoms with Crippen molar-refractivity contribution < 1.29 is 86.7 Å². The summed E-state index contributed by atoms with van der Waals surface area (Å²) in [7, 11) is -4.89. The van der Waals surface area contributed by atoms with Crippen molar-refractivity contribution in [2.75, 3.05) is 46.1 Å². The van der Waals surface area contributed by atoms with Crippen LogP contribution in [0, 0.1) is 29.1 Å². The zero-order chi connectivity index (χ0) is 48.2. The molecule has 0 heterocycles. The number of fused-ring (bicyclic) bond motifs is 5. The molecule has 0 aromatic heterocycles. The molecule has 2 saturated carbocycles. The van der Waals surface area contributed by atoms with Crippen LogP contribution in [0.5, 0.6) is 0 Å². The summed E-state index contributed by atoms with van der Waals surface area (Å²) in [5.41, 5.74) is 3.77. The molecule has 0 aliphatic heterocycles. The lowest BCUT2D eigenvalue weighted by Gasteiger charge is -2.49. The minimum Gasteiger partial charge on any atom is -0.480 e. The monoisotopic (exact) mass is 934 g/mol. The van der Waals surface area contributed by atoms with Crippen molar-refractivity contribution in [1.29, 1.82) is 0 Å². The van der Waals surface area contributed by atoms with Crippen LogP contribution in [0.25, 0.3) is 0 Å². The number of carboxylic acids is 1. The molecule has 0 spiro atoms. The van der Waals surface area contributed by atoms with Crippen LogP contribution in [0.4, 0.5) is 0 Å².